The smallest absolute Gasteiger partial charge is 0.341 e. The van der Waals surface area contributed by atoms with Crippen molar-refractivity contribution >= 4 is 51.9 Å². The number of amides is 2. The first-order valence-electron chi connectivity index (χ1n) is 9.61. The standard InChI is InChI=1S/C21H22ClN3O4S/c1-3-29-21(28)17-14-9-8-12(2)10-16(14)30-20(17)24-18(26)19(27)25-23-11-13-6-4-5-7-15(13)22/h4-7,11-12H,3,8-10H2,1-2H3,(H,24,26)(H,25,27)/b23-11-/t12-/m1/s1. The molecule has 2 aromatic rings. The van der Waals surface area contributed by atoms with Gasteiger partial charge in [0.25, 0.3) is 0 Å². The van der Waals surface area contributed by atoms with Crippen molar-refractivity contribution in [3.05, 3.63) is 50.9 Å². The fourth-order valence-electron chi connectivity index (χ4n) is 3.21. The van der Waals surface area contributed by atoms with Gasteiger partial charge >= 0.3 is 17.8 Å². The molecule has 0 saturated heterocycles. The van der Waals surface area contributed by atoms with Crippen LogP contribution in [0.25, 0.3) is 0 Å². The Balaban J connectivity index is 1.73. The van der Waals surface area contributed by atoms with Gasteiger partial charge in [0.05, 0.1) is 18.4 Å². The van der Waals surface area contributed by atoms with Crippen molar-refractivity contribution < 1.29 is 19.1 Å². The van der Waals surface area contributed by atoms with E-state index in [1.807, 2.05) is 0 Å². The van der Waals surface area contributed by atoms with Crippen LogP contribution in [-0.2, 0) is 27.2 Å². The maximum absolute atomic E-state index is 12.5. The zero-order chi connectivity index (χ0) is 21.7. The summed E-state index contributed by atoms with van der Waals surface area (Å²) in [5.74, 6) is -1.86. The van der Waals surface area contributed by atoms with Gasteiger partial charge < -0.3 is 10.1 Å². The monoisotopic (exact) mass is 447 g/mol. The number of ether oxygens (including phenoxy) is 1. The predicted octanol–water partition coefficient (Wildman–Crippen LogP) is 3.79. The topological polar surface area (TPSA) is 96.9 Å². The number of benzene rings is 1. The van der Waals surface area contributed by atoms with Crippen LogP contribution in [0.2, 0.25) is 5.02 Å². The predicted molar refractivity (Wildman–Crippen MR) is 117 cm³/mol. The molecule has 3 rings (SSSR count). The second kappa shape index (κ2) is 9.86. The number of fused-ring (bicyclic) bond motifs is 1. The zero-order valence-electron chi connectivity index (χ0n) is 16.7. The van der Waals surface area contributed by atoms with Gasteiger partial charge in [-0.1, -0.05) is 36.7 Å². The fraction of sp³-hybridized carbons (Fsp3) is 0.333. The van der Waals surface area contributed by atoms with Crippen LogP contribution in [-0.4, -0.2) is 30.6 Å². The summed E-state index contributed by atoms with van der Waals surface area (Å²) in [7, 11) is 0. The number of thiophene rings is 1. The Labute approximate surface area is 183 Å². The molecule has 30 heavy (non-hydrogen) atoms. The molecule has 2 N–H and O–H groups in total. The molecule has 158 valence electrons. The third-order valence-electron chi connectivity index (χ3n) is 4.70. The summed E-state index contributed by atoms with van der Waals surface area (Å²) < 4.78 is 5.17. The van der Waals surface area contributed by atoms with Gasteiger partial charge in [0.2, 0.25) is 0 Å². The maximum atomic E-state index is 12.5. The number of carbonyl (C=O) groups is 3. The van der Waals surface area contributed by atoms with E-state index in [4.69, 9.17) is 16.3 Å². The molecule has 1 aromatic heterocycles. The molecule has 1 aliphatic carbocycles. The maximum Gasteiger partial charge on any atom is 0.341 e. The summed E-state index contributed by atoms with van der Waals surface area (Å²) in [6.07, 6.45) is 3.88. The second-order valence-electron chi connectivity index (χ2n) is 6.95. The first-order chi connectivity index (χ1) is 14.4. The molecule has 0 saturated carbocycles. The van der Waals surface area contributed by atoms with Crippen LogP contribution >= 0.6 is 22.9 Å². The molecule has 0 spiro atoms. The number of anilines is 1. The summed E-state index contributed by atoms with van der Waals surface area (Å²) >= 11 is 7.34. The molecule has 0 unspecified atom stereocenters. The van der Waals surface area contributed by atoms with E-state index < -0.39 is 17.8 Å². The van der Waals surface area contributed by atoms with Gasteiger partial charge in [-0.3, -0.25) is 9.59 Å². The van der Waals surface area contributed by atoms with Crippen molar-refractivity contribution in [1.82, 2.24) is 5.43 Å². The number of nitrogens with one attached hydrogen (secondary N) is 2. The Bertz CT molecular complexity index is 1000. The van der Waals surface area contributed by atoms with Gasteiger partial charge in [0, 0.05) is 15.5 Å². The van der Waals surface area contributed by atoms with E-state index in [0.717, 1.165) is 29.7 Å². The van der Waals surface area contributed by atoms with Gasteiger partial charge in [-0.05, 0) is 43.7 Å². The van der Waals surface area contributed by atoms with Crippen molar-refractivity contribution in [2.24, 2.45) is 11.0 Å². The third-order valence-corrected chi connectivity index (χ3v) is 6.21. The molecular weight excluding hydrogens is 426 g/mol. The van der Waals surface area contributed by atoms with Crippen LogP contribution in [0.4, 0.5) is 5.00 Å². The SMILES string of the molecule is CCOC(=O)c1c(NC(=O)C(=O)N/N=C\c2ccccc2Cl)sc2c1CC[C@@H](C)C2. The highest BCUT2D eigenvalue weighted by atomic mass is 35.5. The summed E-state index contributed by atoms with van der Waals surface area (Å²) in [6.45, 7) is 4.10. The van der Waals surface area contributed by atoms with E-state index in [0.29, 0.717) is 27.1 Å². The lowest BCUT2D eigenvalue weighted by Gasteiger charge is -2.18. The number of hydrazone groups is 1. The number of esters is 1. The minimum Gasteiger partial charge on any atom is -0.462 e. The number of carbonyl (C=O) groups excluding carboxylic acids is 3. The number of nitrogens with zero attached hydrogens (tertiary/aromatic N) is 1. The Morgan fingerprint density at radius 3 is 2.80 bits per heavy atom. The number of halogens is 1. The lowest BCUT2D eigenvalue weighted by atomic mass is 9.88. The van der Waals surface area contributed by atoms with Gasteiger partial charge in [0.1, 0.15) is 5.00 Å². The van der Waals surface area contributed by atoms with E-state index in [1.165, 1.54) is 17.6 Å². The van der Waals surface area contributed by atoms with Crippen molar-refractivity contribution in [2.45, 2.75) is 33.1 Å². The zero-order valence-corrected chi connectivity index (χ0v) is 18.2. The van der Waals surface area contributed by atoms with Gasteiger partial charge in [-0.2, -0.15) is 5.10 Å². The lowest BCUT2D eigenvalue weighted by molar-refractivity contribution is -0.136. The molecular formula is C21H22ClN3O4S. The van der Waals surface area contributed by atoms with Crippen molar-refractivity contribution in [1.29, 1.82) is 0 Å². The summed E-state index contributed by atoms with van der Waals surface area (Å²) in [4.78, 5) is 38.0. The molecule has 1 heterocycles. The molecule has 1 atom stereocenters. The van der Waals surface area contributed by atoms with Gasteiger partial charge in [0.15, 0.2) is 0 Å². The highest BCUT2D eigenvalue weighted by Gasteiger charge is 2.30. The van der Waals surface area contributed by atoms with Crippen LogP contribution in [0.3, 0.4) is 0 Å². The molecule has 2 amide bonds. The Kier molecular flexibility index (Phi) is 7.23. The van der Waals surface area contributed by atoms with Crippen LogP contribution in [0.1, 0.15) is 46.6 Å². The molecule has 0 radical (unpaired) electrons. The minimum atomic E-state index is -0.951. The van der Waals surface area contributed by atoms with E-state index in [1.54, 1.807) is 31.2 Å². The number of rotatable bonds is 5. The fourth-order valence-corrected chi connectivity index (χ4v) is 4.79. The molecule has 1 aromatic carbocycles. The van der Waals surface area contributed by atoms with Crippen LogP contribution in [0, 0.1) is 5.92 Å². The molecule has 0 fully saturated rings. The largest absolute Gasteiger partial charge is 0.462 e. The van der Waals surface area contributed by atoms with Crippen LogP contribution in [0.15, 0.2) is 29.4 Å². The van der Waals surface area contributed by atoms with E-state index in [9.17, 15) is 14.4 Å². The quantitative estimate of drug-likeness (QED) is 0.315. The van der Waals surface area contributed by atoms with Crippen molar-refractivity contribution in [2.75, 3.05) is 11.9 Å². The normalized spacial score (nSPS) is 15.5. The average molecular weight is 448 g/mol. The first kappa shape index (κ1) is 22.0. The Morgan fingerprint density at radius 2 is 2.07 bits per heavy atom. The number of hydrogen-bond donors (Lipinski definition) is 2. The molecule has 0 bridgehead atoms. The molecule has 1 aliphatic rings. The molecule has 9 heteroatoms. The summed E-state index contributed by atoms with van der Waals surface area (Å²) in [5.41, 5.74) is 4.03. The first-order valence-corrected chi connectivity index (χ1v) is 10.8. The Morgan fingerprint density at radius 1 is 1.30 bits per heavy atom. The lowest BCUT2D eigenvalue weighted by Crippen LogP contribution is -2.32. The van der Waals surface area contributed by atoms with Crippen LogP contribution in [0.5, 0.6) is 0 Å². The van der Waals surface area contributed by atoms with E-state index >= 15 is 0 Å². The van der Waals surface area contributed by atoms with Crippen LogP contribution < -0.4 is 10.7 Å². The van der Waals surface area contributed by atoms with Crippen molar-refractivity contribution in [3.8, 4) is 0 Å². The molecule has 7 nitrogen and oxygen atoms in total. The van der Waals surface area contributed by atoms with Crippen molar-refractivity contribution in [3.63, 3.8) is 0 Å². The third kappa shape index (κ3) is 5.06. The van der Waals surface area contributed by atoms with Gasteiger partial charge in [-0.15, -0.1) is 11.3 Å². The highest BCUT2D eigenvalue weighted by molar-refractivity contribution is 7.17. The molecule has 0 aliphatic heterocycles. The van der Waals surface area contributed by atoms with Gasteiger partial charge in [-0.25, -0.2) is 10.2 Å². The minimum absolute atomic E-state index is 0.227. The second-order valence-corrected chi connectivity index (χ2v) is 8.46. The van der Waals surface area contributed by atoms with E-state index in [-0.39, 0.29) is 6.61 Å². The van der Waals surface area contributed by atoms with E-state index in [2.05, 4.69) is 22.8 Å². The summed E-state index contributed by atoms with van der Waals surface area (Å²) in [5, 5.41) is 7.12. The Hall–Kier alpha value is -2.71. The average Bonchev–Trinajstić information content (AvgIpc) is 3.06. The number of hydrogen-bond acceptors (Lipinski definition) is 6. The summed E-state index contributed by atoms with van der Waals surface area (Å²) in [6, 6.07) is 6.96. The highest BCUT2D eigenvalue weighted by Crippen LogP contribution is 2.40.